The van der Waals surface area contributed by atoms with Crippen molar-refractivity contribution in [1.29, 1.82) is 0 Å². The Hall–Kier alpha value is -1.22. The number of rotatable bonds is 2. The Labute approximate surface area is 77.6 Å². The number of phenols is 1. The predicted molar refractivity (Wildman–Crippen MR) is 52.9 cm³/mol. The highest BCUT2D eigenvalue weighted by molar-refractivity contribution is 5.65. The van der Waals surface area contributed by atoms with Crippen molar-refractivity contribution in [3.8, 4) is 5.75 Å². The maximum absolute atomic E-state index is 9.52. The van der Waals surface area contributed by atoms with Crippen LogP contribution < -0.4 is 11.1 Å². The number of nitrogens with one attached hydrogen (secondary N) is 1. The van der Waals surface area contributed by atoms with Crippen LogP contribution in [0.5, 0.6) is 5.75 Å². The van der Waals surface area contributed by atoms with E-state index in [1.54, 1.807) is 6.07 Å². The molecule has 3 heteroatoms. The average molecular weight is 178 g/mol. The molecule has 0 amide bonds. The molecule has 0 saturated heterocycles. The summed E-state index contributed by atoms with van der Waals surface area (Å²) in [5, 5.41) is 12.8. The van der Waals surface area contributed by atoms with Gasteiger partial charge in [-0.1, -0.05) is 12.1 Å². The minimum absolute atomic E-state index is 0.344. The summed E-state index contributed by atoms with van der Waals surface area (Å²) in [4.78, 5) is 0. The Bertz CT molecular complexity index is 312. The van der Waals surface area contributed by atoms with E-state index in [-0.39, 0.29) is 0 Å². The maximum Gasteiger partial charge on any atom is 0.138 e. The molecule has 1 aromatic carbocycles. The molecule has 2 rings (SSSR count). The topological polar surface area (TPSA) is 58.3 Å². The Balaban J connectivity index is 2.20. The first-order valence-corrected chi connectivity index (χ1v) is 4.58. The van der Waals surface area contributed by atoms with Crippen LogP contribution in [-0.4, -0.2) is 17.7 Å². The third kappa shape index (κ3) is 1.47. The van der Waals surface area contributed by atoms with Crippen LogP contribution in [0.3, 0.4) is 0 Å². The Kier molecular flexibility index (Phi) is 2.10. The summed E-state index contributed by atoms with van der Waals surface area (Å²) in [6.07, 6.45) is 1.93. The van der Waals surface area contributed by atoms with Gasteiger partial charge in [-0.25, -0.2) is 0 Å². The molecule has 13 heavy (non-hydrogen) atoms. The van der Waals surface area contributed by atoms with Crippen LogP contribution >= 0.6 is 0 Å². The van der Waals surface area contributed by atoms with E-state index in [2.05, 4.69) is 5.32 Å². The van der Waals surface area contributed by atoms with Crippen LogP contribution in [0, 0.1) is 0 Å². The predicted octanol–water partition coefficient (Wildman–Crippen LogP) is 1.08. The van der Waals surface area contributed by atoms with Gasteiger partial charge in [0.05, 0.1) is 5.69 Å². The van der Waals surface area contributed by atoms with E-state index in [0.29, 0.717) is 18.3 Å². The summed E-state index contributed by atoms with van der Waals surface area (Å²) < 4.78 is 0. The van der Waals surface area contributed by atoms with E-state index in [4.69, 9.17) is 5.73 Å². The first kappa shape index (κ1) is 8.38. The number of aromatic hydroxyl groups is 1. The van der Waals surface area contributed by atoms with Crippen molar-refractivity contribution in [3.63, 3.8) is 0 Å². The number of hydrogen-bond acceptors (Lipinski definition) is 3. The Morgan fingerprint density at radius 1 is 1.54 bits per heavy atom. The highest BCUT2D eigenvalue weighted by atomic mass is 16.3. The van der Waals surface area contributed by atoms with Crippen LogP contribution in [0.15, 0.2) is 18.2 Å². The van der Waals surface area contributed by atoms with Gasteiger partial charge in [0.15, 0.2) is 0 Å². The summed E-state index contributed by atoms with van der Waals surface area (Å²) in [5.74, 6) is 0.344. The molecule has 1 heterocycles. The van der Waals surface area contributed by atoms with E-state index in [0.717, 1.165) is 18.5 Å². The summed E-state index contributed by atoms with van der Waals surface area (Å²) in [7, 11) is 0. The zero-order chi connectivity index (χ0) is 9.26. The number of phenolic OH excluding ortho intramolecular Hbond substituents is 1. The minimum atomic E-state index is 0.344. The van der Waals surface area contributed by atoms with E-state index in [9.17, 15) is 5.11 Å². The van der Waals surface area contributed by atoms with Gasteiger partial charge in [0, 0.05) is 6.04 Å². The molecule has 0 aliphatic carbocycles. The monoisotopic (exact) mass is 178 g/mol. The highest BCUT2D eigenvalue weighted by Gasteiger charge is 2.21. The van der Waals surface area contributed by atoms with Crippen LogP contribution in [0.1, 0.15) is 12.0 Å². The molecule has 0 saturated carbocycles. The largest absolute Gasteiger partial charge is 0.506 e. The van der Waals surface area contributed by atoms with Crippen molar-refractivity contribution in [2.45, 2.75) is 18.9 Å². The average Bonchev–Trinajstić information content (AvgIpc) is 2.49. The van der Waals surface area contributed by atoms with Gasteiger partial charge in [-0.05, 0) is 31.0 Å². The first-order valence-electron chi connectivity index (χ1n) is 4.58. The molecule has 0 spiro atoms. The second kappa shape index (κ2) is 3.26. The van der Waals surface area contributed by atoms with Crippen LogP contribution in [0.2, 0.25) is 0 Å². The zero-order valence-corrected chi connectivity index (χ0v) is 7.46. The summed E-state index contributed by atoms with van der Waals surface area (Å²) in [6.45, 7) is 0.687. The van der Waals surface area contributed by atoms with Crippen molar-refractivity contribution in [2.75, 3.05) is 11.9 Å². The van der Waals surface area contributed by atoms with Crippen molar-refractivity contribution >= 4 is 5.69 Å². The number of benzene rings is 1. The lowest BCUT2D eigenvalue weighted by Crippen LogP contribution is -2.19. The fraction of sp³-hybridized carbons (Fsp3) is 0.400. The van der Waals surface area contributed by atoms with Crippen molar-refractivity contribution in [3.05, 3.63) is 23.8 Å². The zero-order valence-electron chi connectivity index (χ0n) is 7.46. The third-order valence-corrected chi connectivity index (χ3v) is 2.46. The number of anilines is 1. The molecular formula is C10H14N2O. The number of fused-ring (bicyclic) bond motifs is 1. The Morgan fingerprint density at radius 3 is 3.08 bits per heavy atom. The van der Waals surface area contributed by atoms with Crippen molar-refractivity contribution < 1.29 is 5.11 Å². The molecule has 1 atom stereocenters. The van der Waals surface area contributed by atoms with Gasteiger partial charge < -0.3 is 16.2 Å². The lowest BCUT2D eigenvalue weighted by Gasteiger charge is -2.08. The standard InChI is InChI=1S/C10H14N2O/c11-5-4-8-6-7-2-1-3-9(13)10(7)12-8/h1-3,8,12-13H,4-6,11H2. The van der Waals surface area contributed by atoms with Gasteiger partial charge in [0.2, 0.25) is 0 Å². The maximum atomic E-state index is 9.52. The SMILES string of the molecule is NCCC1Cc2cccc(O)c2N1. The quantitative estimate of drug-likeness (QED) is 0.594. The molecule has 1 aromatic rings. The number of para-hydroxylation sites is 1. The fourth-order valence-electron chi connectivity index (χ4n) is 1.82. The van der Waals surface area contributed by atoms with Gasteiger partial charge in [0.1, 0.15) is 5.75 Å². The van der Waals surface area contributed by atoms with Gasteiger partial charge in [-0.3, -0.25) is 0 Å². The van der Waals surface area contributed by atoms with Gasteiger partial charge in [0.25, 0.3) is 0 Å². The summed E-state index contributed by atoms with van der Waals surface area (Å²) >= 11 is 0. The first-order chi connectivity index (χ1) is 6.31. The van der Waals surface area contributed by atoms with Crippen LogP contribution in [-0.2, 0) is 6.42 Å². The van der Waals surface area contributed by atoms with E-state index in [1.807, 2.05) is 12.1 Å². The second-order valence-corrected chi connectivity index (χ2v) is 3.43. The molecule has 4 N–H and O–H groups in total. The molecular weight excluding hydrogens is 164 g/mol. The van der Waals surface area contributed by atoms with E-state index >= 15 is 0 Å². The Morgan fingerprint density at radius 2 is 2.38 bits per heavy atom. The molecule has 0 fully saturated rings. The third-order valence-electron chi connectivity index (χ3n) is 2.46. The lowest BCUT2D eigenvalue weighted by molar-refractivity contribution is 0.477. The smallest absolute Gasteiger partial charge is 0.138 e. The molecule has 1 aliphatic rings. The second-order valence-electron chi connectivity index (χ2n) is 3.43. The molecule has 1 unspecified atom stereocenters. The van der Waals surface area contributed by atoms with Crippen LogP contribution in [0.25, 0.3) is 0 Å². The van der Waals surface area contributed by atoms with Gasteiger partial charge in [-0.15, -0.1) is 0 Å². The van der Waals surface area contributed by atoms with Gasteiger partial charge >= 0.3 is 0 Å². The molecule has 3 nitrogen and oxygen atoms in total. The number of hydrogen-bond donors (Lipinski definition) is 3. The fourth-order valence-corrected chi connectivity index (χ4v) is 1.82. The minimum Gasteiger partial charge on any atom is -0.506 e. The lowest BCUT2D eigenvalue weighted by atomic mass is 10.1. The molecule has 70 valence electrons. The normalized spacial score (nSPS) is 19.6. The summed E-state index contributed by atoms with van der Waals surface area (Å²) in [5.41, 5.74) is 7.56. The molecule has 0 radical (unpaired) electrons. The van der Waals surface area contributed by atoms with E-state index in [1.165, 1.54) is 5.56 Å². The van der Waals surface area contributed by atoms with Crippen LogP contribution in [0.4, 0.5) is 5.69 Å². The number of nitrogens with two attached hydrogens (primary N) is 1. The molecule has 1 aliphatic heterocycles. The van der Waals surface area contributed by atoms with E-state index < -0.39 is 0 Å². The highest BCUT2D eigenvalue weighted by Crippen LogP contribution is 2.34. The molecule has 0 aromatic heterocycles. The van der Waals surface area contributed by atoms with Gasteiger partial charge in [-0.2, -0.15) is 0 Å². The van der Waals surface area contributed by atoms with Crippen molar-refractivity contribution in [2.24, 2.45) is 5.73 Å². The van der Waals surface area contributed by atoms with Crippen molar-refractivity contribution in [1.82, 2.24) is 0 Å². The molecule has 0 bridgehead atoms. The summed E-state index contributed by atoms with van der Waals surface area (Å²) in [6, 6.07) is 6.02.